The lowest BCUT2D eigenvalue weighted by molar-refractivity contribution is -0.359. The van der Waals surface area contributed by atoms with Gasteiger partial charge in [-0.15, -0.1) is 0 Å². The van der Waals surface area contributed by atoms with Crippen LogP contribution in [0.4, 0.5) is 0 Å². The maximum Gasteiger partial charge on any atom is 0.220 e. The molecular weight excluding hydrogens is 1010 g/mol. The van der Waals surface area contributed by atoms with Gasteiger partial charge < -0.3 is 65.1 Å². The largest absolute Gasteiger partial charge is 0.394 e. The van der Waals surface area contributed by atoms with Crippen LogP contribution in [0.1, 0.15) is 284 Å². The van der Waals surface area contributed by atoms with Crippen LogP contribution in [-0.2, 0) is 23.7 Å². The van der Waals surface area contributed by atoms with Crippen LogP contribution in [0, 0.1) is 0 Å². The summed E-state index contributed by atoms with van der Waals surface area (Å²) < 4.78 is 22.7. The first kappa shape index (κ1) is 74.3. The fraction of sp³-hybridized carbons (Fsp3) is 0.894. The van der Waals surface area contributed by atoms with Crippen molar-refractivity contribution in [1.29, 1.82) is 0 Å². The van der Waals surface area contributed by atoms with E-state index in [2.05, 4.69) is 43.5 Å². The fourth-order valence-electron chi connectivity index (χ4n) is 11.0. The molecule has 0 aromatic heterocycles. The average molecular weight is 1140 g/mol. The van der Waals surface area contributed by atoms with Gasteiger partial charge in [-0.2, -0.15) is 0 Å². The van der Waals surface area contributed by atoms with Gasteiger partial charge >= 0.3 is 0 Å². The van der Waals surface area contributed by atoms with Crippen molar-refractivity contribution >= 4 is 5.91 Å². The molecule has 0 aromatic rings. The van der Waals surface area contributed by atoms with Gasteiger partial charge in [0.1, 0.15) is 48.8 Å². The molecule has 2 saturated heterocycles. The van der Waals surface area contributed by atoms with E-state index in [4.69, 9.17) is 18.9 Å². The van der Waals surface area contributed by atoms with E-state index in [0.29, 0.717) is 12.8 Å². The summed E-state index contributed by atoms with van der Waals surface area (Å²) in [5.74, 6) is -0.248. The highest BCUT2D eigenvalue weighted by atomic mass is 16.7. The molecule has 80 heavy (non-hydrogen) atoms. The number of amides is 1. The molecule has 14 nitrogen and oxygen atoms in total. The summed E-state index contributed by atoms with van der Waals surface area (Å²) in [6.45, 7) is 2.73. The van der Waals surface area contributed by atoms with Crippen LogP contribution in [-0.4, -0.2) is 140 Å². The van der Waals surface area contributed by atoms with E-state index in [-0.39, 0.29) is 18.9 Å². The van der Waals surface area contributed by atoms with Crippen molar-refractivity contribution in [3.8, 4) is 0 Å². The zero-order chi connectivity index (χ0) is 58.1. The maximum atomic E-state index is 13.2. The SMILES string of the molecule is CCCCC/C=C/CC/C=C/C(O)C(COC1OC(CO)C(OC2OC(CO)C(O)C(O)C2O)C(O)C1O)NC(=O)CCCCCCCCCCCCCCCCCCCCCCCCCCC/C=C\CCCCCCCCCC. The van der Waals surface area contributed by atoms with E-state index in [1.54, 1.807) is 6.08 Å². The quantitative estimate of drug-likeness (QED) is 0.0204. The lowest BCUT2D eigenvalue weighted by atomic mass is 9.97. The molecule has 0 spiro atoms. The number of unbranched alkanes of at least 4 members (excludes halogenated alkanes) is 37. The zero-order valence-electron chi connectivity index (χ0n) is 50.8. The highest BCUT2D eigenvalue weighted by Crippen LogP contribution is 2.30. The molecule has 9 N–H and O–H groups in total. The Balaban J connectivity index is 1.53. The third kappa shape index (κ3) is 36.1. The summed E-state index contributed by atoms with van der Waals surface area (Å²) in [6, 6.07) is -0.927. The average Bonchev–Trinajstić information content (AvgIpc) is 3.49. The molecule has 2 fully saturated rings. The predicted octanol–water partition coefficient (Wildman–Crippen LogP) is 12.6. The normalized spacial score (nSPS) is 24.4. The first-order valence-corrected chi connectivity index (χ1v) is 33.2. The molecule has 2 rings (SSSR count). The third-order valence-electron chi connectivity index (χ3n) is 16.3. The van der Waals surface area contributed by atoms with Gasteiger partial charge in [-0.25, -0.2) is 0 Å². The summed E-state index contributed by atoms with van der Waals surface area (Å²) in [4.78, 5) is 13.2. The molecule has 0 aliphatic carbocycles. The number of nitrogens with one attached hydrogen (secondary N) is 1. The molecule has 1 amide bonds. The number of hydrogen-bond acceptors (Lipinski definition) is 13. The summed E-state index contributed by atoms with van der Waals surface area (Å²) >= 11 is 0. The molecule has 470 valence electrons. The van der Waals surface area contributed by atoms with Crippen LogP contribution < -0.4 is 5.32 Å². The Labute approximate surface area is 487 Å². The van der Waals surface area contributed by atoms with E-state index in [1.165, 1.54) is 212 Å². The van der Waals surface area contributed by atoms with Crippen LogP contribution in [0.5, 0.6) is 0 Å². The van der Waals surface area contributed by atoms with Gasteiger partial charge in [0.2, 0.25) is 5.91 Å². The van der Waals surface area contributed by atoms with E-state index < -0.39 is 86.8 Å². The lowest BCUT2D eigenvalue weighted by Crippen LogP contribution is -2.65. The van der Waals surface area contributed by atoms with E-state index in [1.807, 2.05) is 6.08 Å². The van der Waals surface area contributed by atoms with Crippen molar-refractivity contribution in [3.63, 3.8) is 0 Å². The van der Waals surface area contributed by atoms with Crippen LogP contribution in [0.25, 0.3) is 0 Å². The van der Waals surface area contributed by atoms with E-state index in [0.717, 1.165) is 38.5 Å². The molecule has 0 bridgehead atoms. The zero-order valence-corrected chi connectivity index (χ0v) is 50.8. The van der Waals surface area contributed by atoms with Crippen molar-refractivity contribution in [2.24, 2.45) is 0 Å². The second-order valence-corrected chi connectivity index (χ2v) is 23.6. The number of carbonyl (C=O) groups is 1. The molecule has 2 aliphatic heterocycles. The van der Waals surface area contributed by atoms with Crippen LogP contribution in [0.2, 0.25) is 0 Å². The van der Waals surface area contributed by atoms with Crippen LogP contribution in [0.15, 0.2) is 36.5 Å². The van der Waals surface area contributed by atoms with Gasteiger partial charge in [-0.3, -0.25) is 4.79 Å². The first-order chi connectivity index (χ1) is 39.1. The molecule has 2 heterocycles. The summed E-state index contributed by atoms with van der Waals surface area (Å²) in [7, 11) is 0. The Kier molecular flexibility index (Phi) is 47.9. The second-order valence-electron chi connectivity index (χ2n) is 23.6. The van der Waals surface area contributed by atoms with Crippen molar-refractivity contribution in [3.05, 3.63) is 36.5 Å². The fourth-order valence-corrected chi connectivity index (χ4v) is 11.0. The van der Waals surface area contributed by atoms with Crippen molar-refractivity contribution < 1.29 is 64.6 Å². The first-order valence-electron chi connectivity index (χ1n) is 33.2. The molecule has 0 radical (unpaired) electrons. The van der Waals surface area contributed by atoms with Crippen LogP contribution >= 0.6 is 0 Å². The lowest BCUT2D eigenvalue weighted by Gasteiger charge is -2.46. The van der Waals surface area contributed by atoms with Crippen molar-refractivity contribution in [2.45, 2.75) is 357 Å². The predicted molar refractivity (Wildman–Crippen MR) is 323 cm³/mol. The van der Waals surface area contributed by atoms with Gasteiger partial charge in [0.15, 0.2) is 12.6 Å². The van der Waals surface area contributed by atoms with Gasteiger partial charge in [0, 0.05) is 6.42 Å². The number of allylic oxidation sites excluding steroid dienone is 5. The molecule has 0 saturated carbocycles. The topological polar surface area (TPSA) is 228 Å². The molecule has 12 atom stereocenters. The number of aliphatic hydroxyl groups excluding tert-OH is 8. The third-order valence-corrected chi connectivity index (χ3v) is 16.3. The highest BCUT2D eigenvalue weighted by Gasteiger charge is 2.51. The highest BCUT2D eigenvalue weighted by molar-refractivity contribution is 5.76. The molecule has 14 heteroatoms. The number of carbonyl (C=O) groups excluding carboxylic acids is 1. The summed E-state index contributed by atoms with van der Waals surface area (Å²) in [5.41, 5.74) is 0. The molecular formula is C66H123NO13. The Morgan fingerprint density at radius 3 is 1.25 bits per heavy atom. The molecule has 12 unspecified atom stereocenters. The molecule has 0 aromatic carbocycles. The maximum absolute atomic E-state index is 13.2. The van der Waals surface area contributed by atoms with Gasteiger partial charge in [0.25, 0.3) is 0 Å². The number of ether oxygens (including phenoxy) is 4. The number of aliphatic hydroxyl groups is 8. The summed E-state index contributed by atoms with van der Waals surface area (Å²) in [6.07, 6.45) is 48.4. The molecule has 2 aliphatic rings. The Hall–Kier alpha value is -1.79. The Bertz CT molecular complexity index is 1480. The van der Waals surface area contributed by atoms with Gasteiger partial charge in [-0.1, -0.05) is 256 Å². The van der Waals surface area contributed by atoms with Crippen molar-refractivity contribution in [1.82, 2.24) is 5.32 Å². The minimum atomic E-state index is -1.79. The standard InChI is InChI=1S/C66H123NO13/c1-3-5-7-9-11-13-14-15-16-17-18-19-20-21-22-23-24-25-26-27-28-29-30-31-32-33-34-35-36-37-38-39-40-42-44-46-48-50-58(71)67-54(55(70)49-47-45-43-41-12-10-8-6-4-2)53-77-65-63(76)61(74)64(57(52-69)79-65)80-66-62(75)60(73)59(72)56(51-68)78-66/h12,17-18,41,47,49,54-57,59-66,68-70,72-76H,3-11,13-16,19-40,42-46,48,50-53H2,1-2H3,(H,67,71)/b18-17-,41-12+,49-47+. The van der Waals surface area contributed by atoms with E-state index in [9.17, 15) is 45.6 Å². The smallest absolute Gasteiger partial charge is 0.220 e. The minimum Gasteiger partial charge on any atom is -0.394 e. The number of hydrogen-bond donors (Lipinski definition) is 9. The van der Waals surface area contributed by atoms with E-state index >= 15 is 0 Å². The Morgan fingerprint density at radius 1 is 0.438 bits per heavy atom. The van der Waals surface area contributed by atoms with Gasteiger partial charge in [0.05, 0.1) is 32.0 Å². The number of rotatable bonds is 54. The van der Waals surface area contributed by atoms with Crippen molar-refractivity contribution in [2.75, 3.05) is 19.8 Å². The van der Waals surface area contributed by atoms with Gasteiger partial charge in [-0.05, 0) is 57.8 Å². The summed E-state index contributed by atoms with van der Waals surface area (Å²) in [5, 5.41) is 86.8. The monoisotopic (exact) mass is 1140 g/mol. The Morgan fingerprint density at radius 2 is 0.800 bits per heavy atom. The van der Waals surface area contributed by atoms with Crippen LogP contribution in [0.3, 0.4) is 0 Å². The minimum absolute atomic E-state index is 0.248. The second kappa shape index (κ2) is 51.6.